The van der Waals surface area contributed by atoms with E-state index in [2.05, 4.69) is 37.5 Å². The van der Waals surface area contributed by atoms with E-state index in [1.165, 1.54) is 12.8 Å². The molecule has 0 spiro atoms. The number of aliphatic hydroxyl groups is 2. The molecule has 2 amide bonds. The lowest BCUT2D eigenvalue weighted by atomic mass is 10.00. The molecule has 2 saturated heterocycles. The van der Waals surface area contributed by atoms with Crippen molar-refractivity contribution in [2.45, 2.75) is 64.8 Å². The van der Waals surface area contributed by atoms with Gasteiger partial charge in [-0.15, -0.1) is 0 Å². The third kappa shape index (κ3) is 13.1. The highest BCUT2D eigenvalue weighted by molar-refractivity contribution is 6.31. The van der Waals surface area contributed by atoms with Crippen LogP contribution in [-0.2, 0) is 9.59 Å². The van der Waals surface area contributed by atoms with Gasteiger partial charge in [-0.1, -0.05) is 50.9 Å². The second-order valence-electron chi connectivity index (χ2n) is 13.3. The lowest BCUT2D eigenvalue weighted by Gasteiger charge is -2.39. The van der Waals surface area contributed by atoms with Crippen LogP contribution in [0.3, 0.4) is 0 Å². The van der Waals surface area contributed by atoms with Crippen LogP contribution in [0, 0.1) is 11.8 Å². The number of halogens is 2. The van der Waals surface area contributed by atoms with Gasteiger partial charge in [-0.3, -0.25) is 9.59 Å². The normalized spacial score (nSPS) is 16.6. The summed E-state index contributed by atoms with van der Waals surface area (Å²) in [7, 11) is 3.81. The van der Waals surface area contributed by atoms with Gasteiger partial charge >= 0.3 is 11.9 Å². The number of likely N-dealkylation sites (N-methyl/N-ethyl adjacent to an activating group) is 2. The van der Waals surface area contributed by atoms with Crippen molar-refractivity contribution >= 4 is 47.0 Å². The van der Waals surface area contributed by atoms with Gasteiger partial charge in [-0.2, -0.15) is 0 Å². The van der Waals surface area contributed by atoms with E-state index in [1.807, 2.05) is 23.9 Å². The van der Waals surface area contributed by atoms with Crippen LogP contribution < -0.4 is 0 Å². The number of aliphatic hydroxyl groups excluding tert-OH is 2. The smallest absolute Gasteiger partial charge is 0.335 e. The van der Waals surface area contributed by atoms with Gasteiger partial charge in [0.15, 0.2) is 12.2 Å². The SMILES string of the molecule is CC(C)C(CN1CCC1)N(C)C(=O)c1ccc(Cl)cc1.CC(C)[C@@H](CN1CCC1)N(C)C(=O)c1ccc(Cl)cc1.O=C(O)C(O)C(O)C(=O)O. The van der Waals surface area contributed by atoms with E-state index < -0.39 is 24.1 Å². The molecular weight excluding hydrogens is 687 g/mol. The van der Waals surface area contributed by atoms with Crippen molar-refractivity contribution in [3.8, 4) is 0 Å². The molecule has 2 aliphatic heterocycles. The lowest BCUT2D eigenvalue weighted by molar-refractivity contribution is -0.165. The van der Waals surface area contributed by atoms with Crippen LogP contribution in [0.25, 0.3) is 0 Å². The van der Waals surface area contributed by atoms with Gasteiger partial charge in [0.05, 0.1) is 0 Å². The highest BCUT2D eigenvalue weighted by Gasteiger charge is 2.30. The summed E-state index contributed by atoms with van der Waals surface area (Å²) in [5.41, 5.74) is 1.40. The minimum absolute atomic E-state index is 0.0703. The number of hydrogen-bond donors (Lipinski definition) is 4. The Balaban J connectivity index is 0.000000276. The first-order valence-corrected chi connectivity index (χ1v) is 17.5. The third-order valence-corrected chi connectivity index (χ3v) is 9.45. The molecule has 2 aliphatic rings. The molecule has 2 aromatic rings. The van der Waals surface area contributed by atoms with Crippen molar-refractivity contribution in [3.63, 3.8) is 0 Å². The van der Waals surface area contributed by atoms with Crippen LogP contribution in [0.1, 0.15) is 61.3 Å². The first kappa shape index (κ1) is 42.9. The fraction of sp³-hybridized carbons (Fsp3) is 0.556. The number of hydrogen-bond acceptors (Lipinski definition) is 8. The fourth-order valence-corrected chi connectivity index (χ4v) is 5.63. The zero-order valence-corrected chi connectivity index (χ0v) is 31.2. The number of carboxylic acid groups (broad SMARTS) is 2. The number of benzene rings is 2. The number of carboxylic acids is 2. The molecule has 0 saturated carbocycles. The molecule has 0 aromatic heterocycles. The molecule has 3 unspecified atom stereocenters. The van der Waals surface area contributed by atoms with Crippen molar-refractivity contribution in [3.05, 3.63) is 69.7 Å². The molecule has 4 rings (SSSR count). The van der Waals surface area contributed by atoms with Crippen LogP contribution in [0.15, 0.2) is 48.5 Å². The maximum absolute atomic E-state index is 12.6. The summed E-state index contributed by atoms with van der Waals surface area (Å²) in [5.74, 6) is -2.51. The average molecular weight is 740 g/mol. The van der Waals surface area contributed by atoms with Crippen LogP contribution >= 0.6 is 23.2 Å². The number of amides is 2. The molecule has 0 bridgehead atoms. The molecule has 2 aromatic carbocycles. The second-order valence-corrected chi connectivity index (χ2v) is 14.2. The Labute approximate surface area is 305 Å². The van der Waals surface area contributed by atoms with Crippen molar-refractivity contribution in [1.29, 1.82) is 0 Å². The number of rotatable bonds is 13. The Morgan fingerprint density at radius 3 is 1.10 bits per heavy atom. The first-order chi connectivity index (χ1) is 23.4. The molecule has 4 N–H and O–H groups in total. The molecule has 2 heterocycles. The van der Waals surface area contributed by atoms with Crippen LogP contribution in [0.5, 0.6) is 0 Å². The number of nitrogens with zero attached hydrogens (tertiary/aromatic N) is 4. The average Bonchev–Trinajstić information content (AvgIpc) is 3.02. The molecule has 278 valence electrons. The molecule has 4 atom stereocenters. The van der Waals surface area contributed by atoms with Gasteiger partial charge < -0.3 is 40.0 Å². The second kappa shape index (κ2) is 20.6. The zero-order chi connectivity index (χ0) is 37.7. The van der Waals surface area contributed by atoms with Gasteiger partial charge in [0.2, 0.25) is 0 Å². The van der Waals surface area contributed by atoms with Crippen molar-refractivity contribution in [2.24, 2.45) is 11.8 Å². The highest BCUT2D eigenvalue weighted by Crippen LogP contribution is 2.20. The largest absolute Gasteiger partial charge is 0.479 e. The van der Waals surface area contributed by atoms with Crippen molar-refractivity contribution in [2.75, 3.05) is 53.4 Å². The Bertz CT molecular complexity index is 1280. The van der Waals surface area contributed by atoms with Gasteiger partial charge in [0.1, 0.15) is 0 Å². The van der Waals surface area contributed by atoms with E-state index >= 15 is 0 Å². The monoisotopic (exact) mass is 738 g/mol. The van der Waals surface area contributed by atoms with Gasteiger partial charge in [-0.25, -0.2) is 9.59 Å². The Kier molecular flexibility index (Phi) is 17.6. The molecule has 2 fully saturated rings. The molecule has 0 radical (unpaired) electrons. The first-order valence-electron chi connectivity index (χ1n) is 16.8. The van der Waals surface area contributed by atoms with E-state index in [0.29, 0.717) is 33.0 Å². The highest BCUT2D eigenvalue weighted by atomic mass is 35.5. The summed E-state index contributed by atoms with van der Waals surface area (Å²) in [5, 5.41) is 33.8. The topological polar surface area (TPSA) is 162 Å². The molecule has 12 nitrogen and oxygen atoms in total. The Hall–Kier alpha value is -3.26. The fourth-order valence-electron chi connectivity index (χ4n) is 5.38. The molecular formula is C36H52Cl2N4O8. The van der Waals surface area contributed by atoms with Crippen molar-refractivity contribution in [1.82, 2.24) is 19.6 Å². The van der Waals surface area contributed by atoms with E-state index in [1.54, 1.807) is 48.5 Å². The summed E-state index contributed by atoms with van der Waals surface area (Å²) in [6, 6.07) is 14.7. The van der Waals surface area contributed by atoms with Gasteiger partial charge in [0, 0.05) is 60.4 Å². The van der Waals surface area contributed by atoms with E-state index in [4.69, 9.17) is 43.6 Å². The van der Waals surface area contributed by atoms with Crippen LogP contribution in [-0.4, -0.2) is 141 Å². The lowest BCUT2D eigenvalue weighted by Crippen LogP contribution is -2.51. The Morgan fingerprint density at radius 1 is 0.620 bits per heavy atom. The Morgan fingerprint density at radius 2 is 0.900 bits per heavy atom. The maximum atomic E-state index is 12.6. The summed E-state index contributed by atoms with van der Waals surface area (Å²) >= 11 is 11.7. The summed E-state index contributed by atoms with van der Waals surface area (Å²) < 4.78 is 0. The molecule has 14 heteroatoms. The number of carbonyl (C=O) groups excluding carboxylic acids is 2. The summed E-state index contributed by atoms with van der Waals surface area (Å²) in [6.07, 6.45) is -1.98. The zero-order valence-electron chi connectivity index (χ0n) is 29.7. The minimum Gasteiger partial charge on any atom is -0.479 e. The van der Waals surface area contributed by atoms with Crippen molar-refractivity contribution < 1.29 is 39.6 Å². The molecule has 0 aliphatic carbocycles. The third-order valence-electron chi connectivity index (χ3n) is 8.95. The van der Waals surface area contributed by atoms with Crippen LogP contribution in [0.4, 0.5) is 0 Å². The number of carbonyl (C=O) groups is 4. The maximum Gasteiger partial charge on any atom is 0.335 e. The predicted octanol–water partition coefficient (Wildman–Crippen LogP) is 4.16. The van der Waals surface area contributed by atoms with E-state index in [-0.39, 0.29) is 23.9 Å². The van der Waals surface area contributed by atoms with Crippen LogP contribution in [0.2, 0.25) is 10.0 Å². The van der Waals surface area contributed by atoms with Gasteiger partial charge in [0.25, 0.3) is 11.8 Å². The van der Waals surface area contributed by atoms with E-state index in [0.717, 1.165) is 39.3 Å². The number of aliphatic carboxylic acids is 2. The quantitative estimate of drug-likeness (QED) is 0.235. The predicted molar refractivity (Wildman–Crippen MR) is 194 cm³/mol. The minimum atomic E-state index is -2.27. The standard InChI is InChI=1S/2C16H23ClN2O.C4H6O6/c2*1-12(2)15(11-19-9-4-10-19)18(3)16(20)13-5-7-14(17)8-6-13;5-1(3(7)8)2(6)4(9)10/h2*5-8,12,15H,4,9-11H2,1-3H3;1-2,5-6H,(H,7,8)(H,9,10)/t15-;;/m1../s1. The number of likely N-dealkylation sites (tertiary alicyclic amines) is 2. The summed E-state index contributed by atoms with van der Waals surface area (Å²) in [6.45, 7) is 15.3. The van der Waals surface area contributed by atoms with Gasteiger partial charge in [-0.05, 0) is 99.4 Å². The van der Waals surface area contributed by atoms with E-state index in [9.17, 15) is 19.2 Å². The summed E-state index contributed by atoms with van der Waals surface area (Å²) in [4.78, 5) is 53.2. The molecule has 50 heavy (non-hydrogen) atoms.